The number of hydrogen-bond acceptors (Lipinski definition) is 2. The minimum absolute atomic E-state index is 0.0266. The lowest BCUT2D eigenvalue weighted by molar-refractivity contribution is -0.201. The highest BCUT2D eigenvalue weighted by molar-refractivity contribution is 6.05. The Kier molecular flexibility index (Phi) is 1.55. The minimum atomic E-state index is -4.40. The summed E-state index contributed by atoms with van der Waals surface area (Å²) in [6.07, 6.45) is -4.40. The summed E-state index contributed by atoms with van der Waals surface area (Å²) in [5.74, 6) is -0.0758. The average molecular weight is 185 g/mol. The average Bonchev–Trinajstić information content (AvgIpc) is 2.83. The summed E-state index contributed by atoms with van der Waals surface area (Å²) in [4.78, 5) is 0. The van der Waals surface area contributed by atoms with Gasteiger partial charge < -0.3 is 0 Å². The van der Waals surface area contributed by atoms with E-state index in [1.54, 1.807) is 18.2 Å². The highest BCUT2D eigenvalue weighted by atomic mass is 19.4. The molecule has 2 nitrogen and oxygen atoms in total. The van der Waals surface area contributed by atoms with Gasteiger partial charge in [-0.15, -0.1) is 23.3 Å². The van der Waals surface area contributed by atoms with Crippen LogP contribution in [0.25, 0.3) is 0 Å². The fourth-order valence-corrected chi connectivity index (χ4v) is 0.950. The summed E-state index contributed by atoms with van der Waals surface area (Å²) >= 11 is 0. The molecule has 0 amide bonds. The van der Waals surface area contributed by atoms with E-state index in [1.807, 2.05) is 0 Å². The first kappa shape index (κ1) is 8.10. The Hall–Kier alpha value is -1.52. The molecule has 0 atom stereocenters. The Morgan fingerprint density at radius 1 is 1.31 bits per heavy atom. The van der Waals surface area contributed by atoms with Gasteiger partial charge in [-0.2, -0.15) is 0 Å². The molecule has 67 valence electrons. The molecule has 0 saturated carbocycles. The maximum atomic E-state index is 12.0. The zero-order valence-corrected chi connectivity index (χ0v) is 6.34. The molecule has 1 aromatic carbocycles. The van der Waals surface area contributed by atoms with E-state index in [4.69, 9.17) is 0 Å². The fraction of sp³-hybridized carbons (Fsp3) is 0.125. The molecule has 0 aromatic heterocycles. The summed E-state index contributed by atoms with van der Waals surface area (Å²) in [6.45, 7) is 0. The number of alkyl halides is 3. The second-order valence-corrected chi connectivity index (χ2v) is 2.48. The second kappa shape index (κ2) is 2.48. The van der Waals surface area contributed by atoms with Gasteiger partial charge in [0.1, 0.15) is 0 Å². The molecule has 0 saturated heterocycles. The van der Waals surface area contributed by atoms with Gasteiger partial charge in [0.25, 0.3) is 0 Å². The van der Waals surface area contributed by atoms with Gasteiger partial charge in [-0.05, 0) is 6.07 Å². The van der Waals surface area contributed by atoms with Crippen molar-refractivity contribution in [2.45, 2.75) is 6.30 Å². The predicted molar refractivity (Wildman–Crippen MR) is 39.7 cm³/mol. The maximum absolute atomic E-state index is 12.0. The topological polar surface area (TPSA) is 15.4 Å². The van der Waals surface area contributed by atoms with Gasteiger partial charge in [-0.3, -0.25) is 0 Å². The van der Waals surface area contributed by atoms with Gasteiger partial charge in [0.15, 0.2) is 5.84 Å². The molecule has 1 radical (unpaired) electrons. The lowest BCUT2D eigenvalue weighted by atomic mass is 10.2. The van der Waals surface area contributed by atoms with Crippen LogP contribution in [0.2, 0.25) is 0 Å². The van der Waals surface area contributed by atoms with Crippen LogP contribution < -0.4 is 0 Å². The molecular formula is C8H4F3N2. The van der Waals surface area contributed by atoms with Crippen molar-refractivity contribution >= 4 is 5.84 Å². The summed E-state index contributed by atoms with van der Waals surface area (Å²) in [5.41, 5.74) is 0.361. The Morgan fingerprint density at radius 2 is 2.08 bits per heavy atom. The Labute approximate surface area is 72.3 Å². The molecule has 0 spiro atoms. The monoisotopic (exact) mass is 185 g/mol. The molecule has 1 heterocycles. The normalized spacial score (nSPS) is 15.6. The molecule has 0 fully saturated rings. The fourth-order valence-electron chi connectivity index (χ4n) is 0.950. The molecule has 0 unspecified atom stereocenters. The smallest absolute Gasteiger partial charge is 0.149 e. The molecule has 5 heteroatoms. The van der Waals surface area contributed by atoms with E-state index in [0.717, 1.165) is 0 Å². The Morgan fingerprint density at radius 3 is 2.54 bits per heavy atom. The van der Waals surface area contributed by atoms with E-state index in [-0.39, 0.29) is 10.8 Å². The molecule has 0 N–H and O–H groups in total. The van der Waals surface area contributed by atoms with Gasteiger partial charge in [0, 0.05) is 5.56 Å². The number of benzene rings is 1. The number of nitrogens with zero attached hydrogens (tertiary/aromatic N) is 2. The zero-order chi connectivity index (χ0) is 9.47. The van der Waals surface area contributed by atoms with Crippen LogP contribution in [0.4, 0.5) is 13.2 Å². The lowest BCUT2D eigenvalue weighted by Crippen LogP contribution is -2.25. The number of halogens is 3. The zero-order valence-electron chi connectivity index (χ0n) is 6.34. The third kappa shape index (κ3) is 1.49. The first-order valence-electron chi connectivity index (χ1n) is 3.52. The van der Waals surface area contributed by atoms with Gasteiger partial charge in [0.2, 0.25) is 0 Å². The van der Waals surface area contributed by atoms with Crippen molar-refractivity contribution in [2.75, 3.05) is 0 Å². The summed E-state index contributed by atoms with van der Waals surface area (Å²) in [6, 6.07) is 9.06. The van der Waals surface area contributed by atoms with Crippen LogP contribution in [-0.2, 0) is 0 Å². The first-order chi connectivity index (χ1) is 6.09. The highest BCUT2D eigenvalue weighted by Crippen LogP contribution is 2.32. The summed E-state index contributed by atoms with van der Waals surface area (Å²) < 4.78 is 35.9. The minimum Gasteiger partial charge on any atom is -0.149 e. The standard InChI is InChI=1S/C8H4F3N2/c9-8(10,11)13-7(12-13)6-4-2-1-3-5-6/h1-4H. The molecule has 1 aliphatic heterocycles. The van der Waals surface area contributed by atoms with Crippen LogP contribution >= 0.6 is 0 Å². The number of hydrazone groups is 1. The van der Waals surface area contributed by atoms with E-state index in [1.165, 1.54) is 6.07 Å². The maximum Gasteiger partial charge on any atom is 0.506 e. The van der Waals surface area contributed by atoms with Crippen LogP contribution in [-0.4, -0.2) is 17.1 Å². The lowest BCUT2D eigenvalue weighted by Gasteiger charge is -2.05. The van der Waals surface area contributed by atoms with Gasteiger partial charge >= 0.3 is 6.30 Å². The third-order valence-corrected chi connectivity index (χ3v) is 1.55. The van der Waals surface area contributed by atoms with Crippen LogP contribution in [0.15, 0.2) is 29.4 Å². The van der Waals surface area contributed by atoms with Crippen LogP contribution in [0.5, 0.6) is 0 Å². The highest BCUT2D eigenvalue weighted by Gasteiger charge is 2.48. The van der Waals surface area contributed by atoms with Crippen molar-refractivity contribution in [3.63, 3.8) is 0 Å². The van der Waals surface area contributed by atoms with Gasteiger partial charge in [-0.1, -0.05) is 24.3 Å². The summed E-state index contributed by atoms with van der Waals surface area (Å²) in [7, 11) is 0. The van der Waals surface area contributed by atoms with Crippen molar-refractivity contribution in [3.8, 4) is 0 Å². The van der Waals surface area contributed by atoms with E-state index in [2.05, 4.69) is 11.2 Å². The van der Waals surface area contributed by atoms with Crippen molar-refractivity contribution in [1.82, 2.24) is 5.01 Å². The second-order valence-electron chi connectivity index (χ2n) is 2.48. The predicted octanol–water partition coefficient (Wildman–Crippen LogP) is 1.98. The first-order valence-corrected chi connectivity index (χ1v) is 3.52. The molecule has 2 rings (SSSR count). The largest absolute Gasteiger partial charge is 0.506 e. The van der Waals surface area contributed by atoms with E-state index >= 15 is 0 Å². The molecule has 1 aliphatic rings. The van der Waals surface area contributed by atoms with Crippen molar-refractivity contribution < 1.29 is 13.2 Å². The molecular weight excluding hydrogens is 181 g/mol. The van der Waals surface area contributed by atoms with Crippen LogP contribution in [0.1, 0.15) is 5.56 Å². The van der Waals surface area contributed by atoms with E-state index in [9.17, 15) is 13.2 Å². The molecule has 0 aliphatic carbocycles. The van der Waals surface area contributed by atoms with Crippen molar-refractivity contribution in [2.24, 2.45) is 5.10 Å². The van der Waals surface area contributed by atoms with Crippen molar-refractivity contribution in [3.05, 3.63) is 35.9 Å². The quantitative estimate of drug-likeness (QED) is 0.610. The van der Waals surface area contributed by atoms with E-state index in [0.29, 0.717) is 5.56 Å². The van der Waals surface area contributed by atoms with Crippen LogP contribution in [0, 0.1) is 6.07 Å². The molecule has 0 bridgehead atoms. The molecule has 13 heavy (non-hydrogen) atoms. The van der Waals surface area contributed by atoms with Crippen LogP contribution in [0.3, 0.4) is 0 Å². The van der Waals surface area contributed by atoms with Gasteiger partial charge in [0.05, 0.1) is 0 Å². The number of hydrogen-bond donors (Lipinski definition) is 0. The SMILES string of the molecule is FC(F)(F)N1N=C1c1[c]cccc1. The summed E-state index contributed by atoms with van der Waals surface area (Å²) in [5, 5.41) is 3.22. The number of amidine groups is 1. The molecule has 1 aromatic rings. The van der Waals surface area contributed by atoms with E-state index < -0.39 is 6.30 Å². The Bertz CT molecular complexity index is 342. The number of rotatable bonds is 1. The van der Waals surface area contributed by atoms with Crippen molar-refractivity contribution in [1.29, 1.82) is 0 Å². The van der Waals surface area contributed by atoms with Gasteiger partial charge in [-0.25, -0.2) is 0 Å². The Balaban J connectivity index is 2.13. The third-order valence-electron chi connectivity index (χ3n) is 1.55.